The molecule has 0 aliphatic rings. The number of fused-ring (bicyclic) bond motifs is 3. The van der Waals surface area contributed by atoms with Crippen LogP contribution in [-0.2, 0) is 37.0 Å². The van der Waals surface area contributed by atoms with E-state index in [2.05, 4.69) is 84.0 Å². The summed E-state index contributed by atoms with van der Waals surface area (Å²) < 4.78 is 0. The molecule has 0 nitrogen and oxygen atoms in total. The zero-order valence-corrected chi connectivity index (χ0v) is 19.4. The van der Waals surface area contributed by atoms with Gasteiger partial charge in [-0.3, -0.25) is 0 Å². The number of hydrogen-bond donors (Lipinski definition) is 0. The average Bonchev–Trinajstić information content (AvgIpc) is 2.73. The van der Waals surface area contributed by atoms with Gasteiger partial charge in [0.25, 0.3) is 0 Å². The molecule has 3 aromatic carbocycles. The van der Waals surface area contributed by atoms with E-state index in [1.807, 2.05) is 0 Å². The first-order valence-electron chi connectivity index (χ1n) is 7.80. The van der Waals surface area contributed by atoms with Crippen molar-refractivity contribution in [3.8, 4) is 0 Å². The topological polar surface area (TPSA) is 0 Å². The minimum atomic E-state index is 0. The van der Waals surface area contributed by atoms with Crippen molar-refractivity contribution in [3.63, 3.8) is 0 Å². The van der Waals surface area contributed by atoms with Crippen LogP contribution in [0.4, 0.5) is 0 Å². The summed E-state index contributed by atoms with van der Waals surface area (Å²) in [7, 11) is 0. The molecule has 0 saturated carbocycles. The normalized spacial score (nSPS) is 11.6. The third kappa shape index (κ3) is 4.48. The van der Waals surface area contributed by atoms with Gasteiger partial charge >= 0.3 is 0 Å². The molecule has 3 heteroatoms. The van der Waals surface area contributed by atoms with Crippen molar-refractivity contribution in [1.82, 2.24) is 0 Å². The zero-order valence-electron chi connectivity index (χ0n) is 15.4. The molecule has 0 heterocycles. The second-order valence-electron chi connectivity index (χ2n) is 8.25. The quantitative estimate of drug-likeness (QED) is 0.325. The van der Waals surface area contributed by atoms with Crippen LogP contribution in [0, 0.1) is 0 Å². The van der Waals surface area contributed by atoms with E-state index in [9.17, 15) is 0 Å². The second kappa shape index (κ2) is 7.98. The maximum absolute atomic E-state index is 2.38. The molecule has 0 fully saturated rings. The molecular formula is C21H27Cl2Zr-. The zero-order chi connectivity index (χ0) is 15.4. The van der Waals surface area contributed by atoms with Gasteiger partial charge in [-0.1, -0.05) is 76.9 Å². The van der Waals surface area contributed by atoms with Crippen molar-refractivity contribution < 1.29 is 26.2 Å². The monoisotopic (exact) mass is 439 g/mol. The van der Waals surface area contributed by atoms with Crippen molar-refractivity contribution in [1.29, 1.82) is 0 Å². The molecule has 0 spiro atoms. The minimum Gasteiger partial charge on any atom is -0.147 e. The summed E-state index contributed by atoms with van der Waals surface area (Å²) in [4.78, 5) is 0. The predicted octanol–water partition coefficient (Wildman–Crippen LogP) is 7.15. The van der Waals surface area contributed by atoms with Crippen molar-refractivity contribution in [3.05, 3.63) is 53.6 Å². The van der Waals surface area contributed by atoms with Gasteiger partial charge < -0.3 is 0 Å². The number of rotatable bonds is 0. The summed E-state index contributed by atoms with van der Waals surface area (Å²) in [6.45, 7) is 13.7. The molecule has 0 aliphatic heterocycles. The summed E-state index contributed by atoms with van der Waals surface area (Å²) in [6.07, 6.45) is 0. The molecular weight excluding hydrogens is 414 g/mol. The van der Waals surface area contributed by atoms with Gasteiger partial charge in [0.15, 0.2) is 0 Å². The Bertz CT molecular complexity index is 749. The number of halogens is 2. The first-order chi connectivity index (χ1) is 9.66. The van der Waals surface area contributed by atoms with Crippen LogP contribution < -0.4 is 0 Å². The molecule has 0 saturated heterocycles. The van der Waals surface area contributed by atoms with Gasteiger partial charge in [0.1, 0.15) is 0 Å². The molecule has 3 aromatic rings. The van der Waals surface area contributed by atoms with Crippen molar-refractivity contribution in [2.75, 3.05) is 0 Å². The molecule has 0 radical (unpaired) electrons. The Hall–Kier alpha value is -0.227. The van der Waals surface area contributed by atoms with E-state index >= 15 is 0 Å². The van der Waals surface area contributed by atoms with Crippen molar-refractivity contribution in [2.45, 2.75) is 52.4 Å². The Morgan fingerprint density at radius 1 is 0.625 bits per heavy atom. The Morgan fingerprint density at radius 2 is 0.958 bits per heavy atom. The molecule has 24 heavy (non-hydrogen) atoms. The molecule has 130 valence electrons. The van der Waals surface area contributed by atoms with Gasteiger partial charge in [-0.2, -0.15) is 0 Å². The van der Waals surface area contributed by atoms with Crippen LogP contribution in [0.5, 0.6) is 0 Å². The fourth-order valence-corrected chi connectivity index (χ4v) is 2.93. The molecule has 0 atom stereocenters. The van der Waals surface area contributed by atoms with Gasteiger partial charge in [-0.25, -0.2) is 0 Å². The smallest absolute Gasteiger partial charge is 0 e. The maximum Gasteiger partial charge on any atom is 0 e. The third-order valence-corrected chi connectivity index (χ3v) is 4.44. The summed E-state index contributed by atoms with van der Waals surface area (Å²) in [5, 5.41) is 5.49. The molecule has 0 amide bonds. The Labute approximate surface area is 177 Å². The molecule has 0 bridgehead atoms. The van der Waals surface area contributed by atoms with Gasteiger partial charge in [0.05, 0.1) is 0 Å². The van der Waals surface area contributed by atoms with Gasteiger partial charge in [0.2, 0.25) is 0 Å². The van der Waals surface area contributed by atoms with Crippen molar-refractivity contribution >= 4 is 46.4 Å². The van der Waals surface area contributed by atoms with Crippen LogP contribution >= 0.6 is 24.8 Å². The molecule has 0 aromatic heterocycles. The fraction of sp³-hybridized carbons (Fsp3) is 0.381. The van der Waals surface area contributed by atoms with E-state index in [0.717, 1.165) is 0 Å². The summed E-state index contributed by atoms with van der Waals surface area (Å²) in [6, 6.07) is 16.1. The van der Waals surface area contributed by atoms with Crippen LogP contribution in [0.3, 0.4) is 0 Å². The first-order valence-corrected chi connectivity index (χ1v) is 7.80. The molecule has 0 aliphatic carbocycles. The van der Waals surface area contributed by atoms with E-state index in [-0.39, 0.29) is 61.8 Å². The van der Waals surface area contributed by atoms with Crippen LogP contribution in [0.25, 0.3) is 21.5 Å². The van der Waals surface area contributed by atoms with E-state index in [4.69, 9.17) is 0 Å². The third-order valence-electron chi connectivity index (χ3n) is 4.44. The molecule has 3 rings (SSSR count). The van der Waals surface area contributed by atoms with Gasteiger partial charge in [-0.05, 0) is 10.8 Å². The Kier molecular flexibility index (Phi) is 7.91. The van der Waals surface area contributed by atoms with Crippen LogP contribution in [0.1, 0.15) is 52.7 Å². The fourth-order valence-electron chi connectivity index (χ4n) is 2.93. The van der Waals surface area contributed by atoms with Crippen LogP contribution in [0.2, 0.25) is 0 Å². The van der Waals surface area contributed by atoms with Crippen LogP contribution in [0.15, 0.2) is 42.5 Å². The van der Waals surface area contributed by atoms with E-state index in [0.29, 0.717) is 0 Å². The van der Waals surface area contributed by atoms with Crippen molar-refractivity contribution in [2.24, 2.45) is 0 Å². The second-order valence-corrected chi connectivity index (χ2v) is 8.25. The summed E-state index contributed by atoms with van der Waals surface area (Å²) in [5.74, 6) is 0. The minimum absolute atomic E-state index is 0. The van der Waals surface area contributed by atoms with Gasteiger partial charge in [0, 0.05) is 26.2 Å². The molecule has 0 unspecified atom stereocenters. The molecule has 0 N–H and O–H groups in total. The van der Waals surface area contributed by atoms with E-state index in [1.165, 1.54) is 32.7 Å². The first kappa shape index (κ1) is 23.8. The average molecular weight is 442 g/mol. The van der Waals surface area contributed by atoms with E-state index < -0.39 is 0 Å². The predicted molar refractivity (Wildman–Crippen MR) is 109 cm³/mol. The summed E-state index contributed by atoms with van der Waals surface area (Å²) >= 11 is 0. The number of benzene rings is 2. The van der Waals surface area contributed by atoms with E-state index in [1.54, 1.807) is 0 Å². The van der Waals surface area contributed by atoms with Crippen LogP contribution in [-0.4, -0.2) is 0 Å². The Morgan fingerprint density at radius 3 is 1.25 bits per heavy atom. The standard InChI is InChI=1S/C21H25.2ClH.Zr/c1-20(2,3)16-9-7-14-11-15-8-10-17(21(4,5)6)13-19(15)18(14)12-16;;;/h7-13H,1-6H3;2*1H;/q-1;;;. The maximum atomic E-state index is 2.38. The summed E-state index contributed by atoms with van der Waals surface area (Å²) in [5.41, 5.74) is 3.20. The largest absolute Gasteiger partial charge is 0.147 e. The SMILES string of the molecule is CC(C)(C)c1ccc2[cH-]c3ccc(C(C)(C)C)cc3c2c1.Cl.Cl.[Zr]. The van der Waals surface area contributed by atoms with Gasteiger partial charge in [-0.15, -0.1) is 64.6 Å². The number of hydrogen-bond acceptors (Lipinski definition) is 0. The Balaban J connectivity index is 0.00000176.